The normalized spacial score (nSPS) is 11.0. The van der Waals surface area contributed by atoms with Gasteiger partial charge in [0.1, 0.15) is 0 Å². The minimum atomic E-state index is -1.09. The van der Waals surface area contributed by atoms with Crippen LogP contribution in [0, 0.1) is 0 Å². The van der Waals surface area contributed by atoms with Gasteiger partial charge < -0.3 is 5.11 Å². The summed E-state index contributed by atoms with van der Waals surface area (Å²) in [6.45, 7) is 2.09. The predicted molar refractivity (Wildman–Crippen MR) is 101 cm³/mol. The highest BCUT2D eigenvalue weighted by Gasteiger charge is 2.12. The average molecular weight is 360 g/mol. The second kappa shape index (κ2) is 6.53. The Bertz CT molecular complexity index is 1220. The fourth-order valence-corrected chi connectivity index (χ4v) is 3.06. The topological polar surface area (TPSA) is 101 Å². The van der Waals surface area contributed by atoms with Crippen LogP contribution in [0.25, 0.3) is 28.0 Å². The molecule has 0 fully saturated rings. The first-order valence-corrected chi connectivity index (χ1v) is 8.47. The molecule has 2 aromatic carbocycles. The minimum Gasteiger partial charge on any atom is -0.478 e. The molecule has 7 nitrogen and oxygen atoms in total. The first-order chi connectivity index (χ1) is 13.1. The van der Waals surface area contributed by atoms with E-state index in [9.17, 15) is 9.59 Å². The van der Waals surface area contributed by atoms with Gasteiger partial charge in [-0.1, -0.05) is 37.3 Å². The van der Waals surface area contributed by atoms with Crippen LogP contribution in [0.5, 0.6) is 0 Å². The first-order valence-electron chi connectivity index (χ1n) is 8.47. The number of carboxylic acids is 1. The Kier molecular flexibility index (Phi) is 4.04. The summed E-state index contributed by atoms with van der Waals surface area (Å²) in [5, 5.41) is 13.4. The maximum absolute atomic E-state index is 12.6. The van der Waals surface area contributed by atoms with Gasteiger partial charge in [-0.2, -0.15) is 5.10 Å². The molecule has 27 heavy (non-hydrogen) atoms. The Labute approximate surface area is 153 Å². The standard InChI is InChI=1S/C20H16N4O3/c1-2-12-5-3-4-6-15(12)13-7-8-17-16(9-13)18(25)23-20(22-17)24-11-14(10-21-24)19(26)27/h3-11H,2H2,1H3,(H,26,27)(H,22,23,25). The summed E-state index contributed by atoms with van der Waals surface area (Å²) in [6.07, 6.45) is 3.41. The van der Waals surface area contributed by atoms with Gasteiger partial charge in [0.05, 0.1) is 22.7 Å². The molecular formula is C20H16N4O3. The third-order valence-corrected chi connectivity index (χ3v) is 4.45. The number of aryl methyl sites for hydroxylation is 1. The molecule has 0 atom stereocenters. The van der Waals surface area contributed by atoms with Crippen LogP contribution in [0.15, 0.2) is 59.7 Å². The number of aromatic carboxylic acids is 1. The first kappa shape index (κ1) is 16.7. The zero-order chi connectivity index (χ0) is 19.0. The van der Waals surface area contributed by atoms with Crippen molar-refractivity contribution in [3.05, 3.63) is 76.3 Å². The van der Waals surface area contributed by atoms with Crippen molar-refractivity contribution >= 4 is 16.9 Å². The van der Waals surface area contributed by atoms with E-state index in [0.717, 1.165) is 17.5 Å². The Morgan fingerprint density at radius 1 is 1.22 bits per heavy atom. The molecule has 0 aliphatic heterocycles. The van der Waals surface area contributed by atoms with Crippen LogP contribution in [0.2, 0.25) is 0 Å². The van der Waals surface area contributed by atoms with E-state index in [4.69, 9.17) is 5.11 Å². The molecule has 2 N–H and O–H groups in total. The second-order valence-electron chi connectivity index (χ2n) is 6.11. The summed E-state index contributed by atoms with van der Waals surface area (Å²) in [4.78, 5) is 30.7. The zero-order valence-corrected chi connectivity index (χ0v) is 14.5. The van der Waals surface area contributed by atoms with E-state index in [2.05, 4.69) is 28.1 Å². The van der Waals surface area contributed by atoms with E-state index >= 15 is 0 Å². The molecule has 2 heterocycles. The van der Waals surface area contributed by atoms with Crippen molar-refractivity contribution in [1.29, 1.82) is 0 Å². The van der Waals surface area contributed by atoms with E-state index < -0.39 is 5.97 Å². The SMILES string of the molecule is CCc1ccccc1-c1ccc2nc(-n3cc(C(=O)O)cn3)[nH]c(=O)c2c1. The van der Waals surface area contributed by atoms with Crippen LogP contribution in [0.1, 0.15) is 22.8 Å². The maximum atomic E-state index is 12.6. The second-order valence-corrected chi connectivity index (χ2v) is 6.11. The van der Waals surface area contributed by atoms with Crippen molar-refractivity contribution in [1.82, 2.24) is 19.7 Å². The average Bonchev–Trinajstić information content (AvgIpc) is 3.18. The highest BCUT2D eigenvalue weighted by Crippen LogP contribution is 2.26. The lowest BCUT2D eigenvalue weighted by atomic mass is 9.97. The van der Waals surface area contributed by atoms with Gasteiger partial charge in [0.15, 0.2) is 0 Å². The lowest BCUT2D eigenvalue weighted by Crippen LogP contribution is -2.14. The number of benzene rings is 2. The van der Waals surface area contributed by atoms with Crippen molar-refractivity contribution < 1.29 is 9.90 Å². The molecule has 4 aromatic rings. The molecular weight excluding hydrogens is 344 g/mol. The molecule has 0 aliphatic rings. The number of fused-ring (bicyclic) bond motifs is 1. The number of hydrogen-bond acceptors (Lipinski definition) is 4. The van der Waals surface area contributed by atoms with Crippen LogP contribution in [0.3, 0.4) is 0 Å². The number of rotatable bonds is 4. The van der Waals surface area contributed by atoms with Gasteiger partial charge in [0, 0.05) is 6.20 Å². The van der Waals surface area contributed by atoms with E-state index in [-0.39, 0.29) is 17.1 Å². The van der Waals surface area contributed by atoms with E-state index in [1.807, 2.05) is 30.3 Å². The molecule has 0 radical (unpaired) electrons. The fourth-order valence-electron chi connectivity index (χ4n) is 3.06. The van der Waals surface area contributed by atoms with Crippen LogP contribution in [-0.2, 0) is 6.42 Å². The summed E-state index contributed by atoms with van der Waals surface area (Å²) in [7, 11) is 0. The van der Waals surface area contributed by atoms with Crippen molar-refractivity contribution in [3.8, 4) is 17.1 Å². The fraction of sp³-hybridized carbons (Fsp3) is 0.100. The summed E-state index contributed by atoms with van der Waals surface area (Å²) in [5.74, 6) is -0.926. The quantitative estimate of drug-likeness (QED) is 0.582. The Morgan fingerprint density at radius 2 is 2.04 bits per heavy atom. The number of aromatic nitrogens is 4. The van der Waals surface area contributed by atoms with Gasteiger partial charge in [-0.25, -0.2) is 14.5 Å². The van der Waals surface area contributed by atoms with Gasteiger partial charge in [0.2, 0.25) is 5.95 Å². The van der Waals surface area contributed by atoms with Crippen molar-refractivity contribution in [2.45, 2.75) is 13.3 Å². The maximum Gasteiger partial charge on any atom is 0.338 e. The van der Waals surface area contributed by atoms with Gasteiger partial charge in [-0.05, 0) is 35.2 Å². The number of H-pyrrole nitrogens is 1. The van der Waals surface area contributed by atoms with Crippen molar-refractivity contribution in [3.63, 3.8) is 0 Å². The third-order valence-electron chi connectivity index (χ3n) is 4.45. The highest BCUT2D eigenvalue weighted by molar-refractivity contribution is 5.87. The molecule has 0 saturated carbocycles. The van der Waals surface area contributed by atoms with E-state index in [0.29, 0.717) is 10.9 Å². The Morgan fingerprint density at radius 3 is 2.78 bits per heavy atom. The molecule has 0 saturated heterocycles. The molecule has 0 aliphatic carbocycles. The van der Waals surface area contributed by atoms with Gasteiger partial charge in [-0.3, -0.25) is 9.78 Å². The summed E-state index contributed by atoms with van der Waals surface area (Å²) >= 11 is 0. The molecule has 134 valence electrons. The third kappa shape index (κ3) is 2.99. The molecule has 0 bridgehead atoms. The zero-order valence-electron chi connectivity index (χ0n) is 14.5. The van der Waals surface area contributed by atoms with Gasteiger partial charge >= 0.3 is 5.97 Å². The molecule has 2 aromatic heterocycles. The molecule has 0 spiro atoms. The summed E-state index contributed by atoms with van der Waals surface area (Å²) < 4.78 is 1.24. The number of nitrogens with one attached hydrogen (secondary N) is 1. The largest absolute Gasteiger partial charge is 0.478 e. The monoisotopic (exact) mass is 360 g/mol. The number of hydrogen-bond donors (Lipinski definition) is 2. The molecule has 0 unspecified atom stereocenters. The van der Waals surface area contributed by atoms with Crippen molar-refractivity contribution in [2.75, 3.05) is 0 Å². The Balaban J connectivity index is 1.83. The van der Waals surface area contributed by atoms with E-state index in [1.54, 1.807) is 6.07 Å². The number of carboxylic acid groups (broad SMARTS) is 1. The summed E-state index contributed by atoms with van der Waals surface area (Å²) in [6, 6.07) is 13.6. The van der Waals surface area contributed by atoms with Gasteiger partial charge in [-0.15, -0.1) is 0 Å². The molecule has 0 amide bonds. The van der Waals surface area contributed by atoms with E-state index in [1.165, 1.54) is 22.6 Å². The number of nitrogens with zero attached hydrogens (tertiary/aromatic N) is 3. The van der Waals surface area contributed by atoms with Crippen LogP contribution >= 0.6 is 0 Å². The molecule has 7 heteroatoms. The van der Waals surface area contributed by atoms with Crippen molar-refractivity contribution in [2.24, 2.45) is 0 Å². The van der Waals surface area contributed by atoms with Crippen LogP contribution < -0.4 is 5.56 Å². The predicted octanol–water partition coefficient (Wildman–Crippen LogP) is 3.04. The van der Waals surface area contributed by atoms with Gasteiger partial charge in [0.25, 0.3) is 5.56 Å². The smallest absolute Gasteiger partial charge is 0.338 e. The number of carbonyl (C=O) groups is 1. The van der Waals surface area contributed by atoms with Crippen LogP contribution in [-0.4, -0.2) is 30.8 Å². The minimum absolute atomic E-state index is 0.0178. The number of aromatic amines is 1. The summed E-state index contributed by atoms with van der Waals surface area (Å²) in [5.41, 5.74) is 3.47. The Hall–Kier alpha value is -3.74. The lowest BCUT2D eigenvalue weighted by Gasteiger charge is -2.09. The molecule has 4 rings (SSSR count). The lowest BCUT2D eigenvalue weighted by molar-refractivity contribution is 0.0697. The highest BCUT2D eigenvalue weighted by atomic mass is 16.4. The van der Waals surface area contributed by atoms with Crippen LogP contribution in [0.4, 0.5) is 0 Å².